The van der Waals surface area contributed by atoms with Crippen LogP contribution in [0.2, 0.25) is 0 Å². The number of anilines is 9. The van der Waals surface area contributed by atoms with Crippen molar-refractivity contribution >= 4 is 96.6 Å². The first-order valence-corrected chi connectivity index (χ1v) is 21.0. The number of para-hydroxylation sites is 6. The maximum Gasteiger partial charge on any atom is 0.342 e. The first-order valence-electron chi connectivity index (χ1n) is 21.0. The molecule has 2 aliphatic heterocycles. The standard InChI is InChI=1S/C54H46BN3O2/c1-53(2,3)42-31-19-29-40-47-51(59-49(40)42)55-46-44(57(47)37-25-15-9-16-26-37)33-39(56(35-21-11-7-12-22-35)36-23-13-8-14-24-36)34-45(46)58(38-27-17-10-18-28-38)48-41-30-20-32-43(54(4,5)6)50(41)60-52(48)55/h7-34H,1-6H3. The van der Waals surface area contributed by atoms with E-state index >= 15 is 0 Å². The molecule has 7 aromatic carbocycles. The molecule has 0 aliphatic carbocycles. The van der Waals surface area contributed by atoms with Crippen LogP contribution in [0.1, 0.15) is 52.7 Å². The molecular formula is C54H46BN3O2. The molecule has 0 spiro atoms. The molecule has 0 fully saturated rings. The van der Waals surface area contributed by atoms with Crippen molar-refractivity contribution in [2.24, 2.45) is 0 Å². The van der Waals surface area contributed by atoms with E-state index in [-0.39, 0.29) is 17.5 Å². The molecule has 4 heterocycles. The van der Waals surface area contributed by atoms with Gasteiger partial charge >= 0.3 is 6.71 Å². The fourth-order valence-corrected chi connectivity index (χ4v) is 9.60. The largest absolute Gasteiger partial charge is 0.468 e. The third kappa shape index (κ3) is 5.47. The van der Waals surface area contributed by atoms with Crippen LogP contribution in [0.4, 0.5) is 51.2 Å². The van der Waals surface area contributed by atoms with Crippen molar-refractivity contribution in [2.75, 3.05) is 14.7 Å². The van der Waals surface area contributed by atoms with Crippen LogP contribution in [0.15, 0.2) is 179 Å². The predicted molar refractivity (Wildman–Crippen MR) is 252 cm³/mol. The molecule has 0 saturated carbocycles. The van der Waals surface area contributed by atoms with Gasteiger partial charge in [-0.15, -0.1) is 0 Å². The summed E-state index contributed by atoms with van der Waals surface area (Å²) in [5, 5.41) is 2.17. The van der Waals surface area contributed by atoms with Crippen LogP contribution in [0.3, 0.4) is 0 Å². The van der Waals surface area contributed by atoms with Gasteiger partial charge in [-0.3, -0.25) is 0 Å². The van der Waals surface area contributed by atoms with E-state index in [0.29, 0.717) is 0 Å². The van der Waals surface area contributed by atoms with Crippen LogP contribution < -0.4 is 31.5 Å². The lowest BCUT2D eigenvalue weighted by Gasteiger charge is -2.41. The highest BCUT2D eigenvalue weighted by atomic mass is 16.3. The van der Waals surface area contributed by atoms with Gasteiger partial charge < -0.3 is 23.5 Å². The molecule has 9 aromatic rings. The summed E-state index contributed by atoms with van der Waals surface area (Å²) in [5.41, 5.74) is 16.3. The number of nitrogens with zero attached hydrogens (tertiary/aromatic N) is 3. The molecule has 0 radical (unpaired) electrons. The third-order valence-corrected chi connectivity index (χ3v) is 12.2. The minimum atomic E-state index is -0.337. The molecule has 0 atom stereocenters. The first kappa shape index (κ1) is 36.2. The Morgan fingerprint density at radius 3 is 1.20 bits per heavy atom. The Bertz CT molecular complexity index is 2860. The molecule has 0 saturated heterocycles. The first-order chi connectivity index (χ1) is 29.1. The van der Waals surface area contributed by atoms with Crippen molar-refractivity contribution in [3.05, 3.63) is 181 Å². The summed E-state index contributed by atoms with van der Waals surface area (Å²) in [5.74, 6) is 0. The average molecular weight is 780 g/mol. The Morgan fingerprint density at radius 1 is 0.433 bits per heavy atom. The van der Waals surface area contributed by atoms with Crippen LogP contribution >= 0.6 is 0 Å². The summed E-state index contributed by atoms with van der Waals surface area (Å²) in [7, 11) is 0. The topological polar surface area (TPSA) is 36.0 Å². The van der Waals surface area contributed by atoms with Crippen molar-refractivity contribution in [3.8, 4) is 0 Å². The van der Waals surface area contributed by atoms with Gasteiger partial charge in [0, 0.05) is 56.0 Å². The highest BCUT2D eigenvalue weighted by Crippen LogP contribution is 2.52. The second-order valence-corrected chi connectivity index (χ2v) is 18.2. The highest BCUT2D eigenvalue weighted by molar-refractivity contribution is 6.99. The van der Waals surface area contributed by atoms with Crippen molar-refractivity contribution in [1.29, 1.82) is 0 Å². The summed E-state index contributed by atoms with van der Waals surface area (Å²) in [6, 6.07) is 60.9. The van der Waals surface area contributed by atoms with E-state index in [4.69, 9.17) is 8.83 Å². The highest BCUT2D eigenvalue weighted by Gasteiger charge is 2.50. The zero-order valence-corrected chi connectivity index (χ0v) is 34.9. The molecule has 2 aromatic heterocycles. The second kappa shape index (κ2) is 13.3. The Balaban J connectivity index is 1.33. The molecule has 6 heteroatoms. The molecule has 2 aliphatic rings. The lowest BCUT2D eigenvalue weighted by atomic mass is 9.37. The molecule has 0 amide bonds. The molecule has 292 valence electrons. The minimum Gasteiger partial charge on any atom is -0.468 e. The minimum absolute atomic E-state index is 0.155. The summed E-state index contributed by atoms with van der Waals surface area (Å²) >= 11 is 0. The summed E-state index contributed by atoms with van der Waals surface area (Å²) < 4.78 is 14.9. The van der Waals surface area contributed by atoms with Crippen molar-refractivity contribution in [1.82, 2.24) is 0 Å². The van der Waals surface area contributed by atoms with Gasteiger partial charge in [0.25, 0.3) is 0 Å². The number of hydrogen-bond donors (Lipinski definition) is 0. The van der Waals surface area contributed by atoms with Crippen LogP contribution in [0.25, 0.3) is 21.9 Å². The van der Waals surface area contributed by atoms with Crippen LogP contribution in [0, 0.1) is 0 Å². The van der Waals surface area contributed by atoms with Gasteiger partial charge in [-0.25, -0.2) is 0 Å². The lowest BCUT2D eigenvalue weighted by molar-refractivity contribution is 0.566. The second-order valence-electron chi connectivity index (χ2n) is 18.2. The zero-order chi connectivity index (χ0) is 40.9. The number of furan rings is 2. The van der Waals surface area contributed by atoms with E-state index in [1.54, 1.807) is 0 Å². The maximum atomic E-state index is 7.43. The number of fused-ring (bicyclic) bond motifs is 8. The van der Waals surface area contributed by atoms with Crippen molar-refractivity contribution in [3.63, 3.8) is 0 Å². The molecule has 0 N–H and O–H groups in total. The maximum absolute atomic E-state index is 7.43. The van der Waals surface area contributed by atoms with Crippen LogP contribution in [-0.2, 0) is 10.8 Å². The monoisotopic (exact) mass is 779 g/mol. The van der Waals surface area contributed by atoms with Crippen LogP contribution in [-0.4, -0.2) is 6.71 Å². The van der Waals surface area contributed by atoms with E-state index in [9.17, 15) is 0 Å². The van der Waals surface area contributed by atoms with Crippen molar-refractivity contribution in [2.45, 2.75) is 52.4 Å². The number of hydrogen-bond acceptors (Lipinski definition) is 5. The molecule has 5 nitrogen and oxygen atoms in total. The summed E-state index contributed by atoms with van der Waals surface area (Å²) in [6.07, 6.45) is 0. The van der Waals surface area contributed by atoms with Crippen molar-refractivity contribution < 1.29 is 8.83 Å². The van der Waals surface area contributed by atoms with E-state index in [1.807, 2.05) is 0 Å². The smallest absolute Gasteiger partial charge is 0.342 e. The Kier molecular flexibility index (Phi) is 8.02. The molecule has 0 unspecified atom stereocenters. The van der Waals surface area contributed by atoms with Gasteiger partial charge in [0.05, 0.1) is 17.1 Å². The fraction of sp³-hybridized carbons (Fsp3) is 0.148. The van der Waals surface area contributed by atoms with E-state index in [0.717, 1.165) is 89.9 Å². The third-order valence-electron chi connectivity index (χ3n) is 12.2. The van der Waals surface area contributed by atoms with Crippen LogP contribution in [0.5, 0.6) is 0 Å². The van der Waals surface area contributed by atoms with Gasteiger partial charge in [-0.2, -0.15) is 0 Å². The number of benzene rings is 7. The Labute approximate surface area is 352 Å². The van der Waals surface area contributed by atoms with E-state index in [1.165, 1.54) is 11.1 Å². The Hall–Kier alpha value is -6.92. The molecule has 60 heavy (non-hydrogen) atoms. The van der Waals surface area contributed by atoms with E-state index in [2.05, 4.69) is 226 Å². The predicted octanol–water partition coefficient (Wildman–Crippen LogP) is 13.3. The SMILES string of the molecule is CC(C)(C)c1cccc2c3c(oc12)B1c2oc4c(C(C)(C)C)cccc4c2N(c2ccccc2)c2cc(N(c4ccccc4)c4ccccc4)cc(c21)N3c1ccccc1. The lowest BCUT2D eigenvalue weighted by Crippen LogP contribution is -2.60. The van der Waals surface area contributed by atoms with Gasteiger partial charge in [-0.1, -0.05) is 139 Å². The van der Waals surface area contributed by atoms with E-state index < -0.39 is 0 Å². The summed E-state index contributed by atoms with van der Waals surface area (Å²) in [6.45, 7) is 13.3. The summed E-state index contributed by atoms with van der Waals surface area (Å²) in [4.78, 5) is 7.26. The van der Waals surface area contributed by atoms with Gasteiger partial charge in [0.1, 0.15) is 22.5 Å². The molecule has 11 rings (SSSR count). The fourth-order valence-electron chi connectivity index (χ4n) is 9.60. The quantitative estimate of drug-likeness (QED) is 0.163. The molecule has 0 bridgehead atoms. The van der Waals surface area contributed by atoms with Gasteiger partial charge in [0.15, 0.2) is 0 Å². The van der Waals surface area contributed by atoms with Gasteiger partial charge in [0.2, 0.25) is 0 Å². The molecular weight excluding hydrogens is 733 g/mol. The average Bonchev–Trinajstić information content (AvgIpc) is 3.83. The normalized spacial score (nSPS) is 13.4. The number of rotatable bonds is 5. The Morgan fingerprint density at radius 2 is 0.817 bits per heavy atom. The van der Waals surface area contributed by atoms with Gasteiger partial charge in [-0.05, 0) is 89.1 Å². The zero-order valence-electron chi connectivity index (χ0n) is 34.9.